The highest BCUT2D eigenvalue weighted by Crippen LogP contribution is 2.00. The Kier molecular flexibility index (Phi) is 3.39. The Balaban J connectivity index is 4.64. The molecule has 0 unspecified atom stereocenters. The van der Waals surface area contributed by atoms with Crippen LogP contribution in [0.4, 0.5) is 0 Å². The molecule has 0 aromatic heterocycles. The molecule has 10 heavy (non-hydrogen) atoms. The summed E-state index contributed by atoms with van der Waals surface area (Å²) >= 11 is 0. The van der Waals surface area contributed by atoms with Crippen molar-refractivity contribution in [2.75, 3.05) is 7.05 Å². The second-order valence-corrected chi connectivity index (χ2v) is 2.01. The molecular formula is C7H13N3. The van der Waals surface area contributed by atoms with Crippen molar-refractivity contribution in [3.8, 4) is 0 Å². The van der Waals surface area contributed by atoms with Crippen LogP contribution in [0.3, 0.4) is 0 Å². The minimum absolute atomic E-state index is 0.611. The molecular weight excluding hydrogens is 126 g/mol. The van der Waals surface area contributed by atoms with Gasteiger partial charge in [0.2, 0.25) is 0 Å². The fraction of sp³-hybridized carbons (Fsp3) is 0.429. The standard InChI is InChI=1S/C7H13N3/c1-5(6(2)8)7(9-3)10-4/h3,8H2,1-2,4H3. The Morgan fingerprint density at radius 3 is 2.00 bits per heavy atom. The van der Waals surface area contributed by atoms with E-state index in [9.17, 15) is 0 Å². The first-order valence-corrected chi connectivity index (χ1v) is 3.00. The summed E-state index contributed by atoms with van der Waals surface area (Å²) in [5.41, 5.74) is 7.12. The van der Waals surface area contributed by atoms with Gasteiger partial charge in [0, 0.05) is 18.3 Å². The minimum atomic E-state index is 0.611. The molecule has 0 spiro atoms. The molecule has 2 N–H and O–H groups in total. The van der Waals surface area contributed by atoms with E-state index in [2.05, 4.69) is 16.7 Å². The fourth-order valence-corrected chi connectivity index (χ4v) is 0.533. The summed E-state index contributed by atoms with van der Waals surface area (Å²) in [5.74, 6) is 0.611. The number of nitrogens with zero attached hydrogens (tertiary/aromatic N) is 2. The number of hydrogen-bond donors (Lipinski definition) is 1. The molecule has 0 aromatic carbocycles. The van der Waals surface area contributed by atoms with E-state index in [0.29, 0.717) is 5.84 Å². The van der Waals surface area contributed by atoms with Crippen LogP contribution in [0, 0.1) is 0 Å². The molecule has 56 valence electrons. The van der Waals surface area contributed by atoms with Crippen LogP contribution < -0.4 is 5.73 Å². The zero-order valence-electron chi connectivity index (χ0n) is 6.68. The van der Waals surface area contributed by atoms with Crippen molar-refractivity contribution in [2.24, 2.45) is 15.7 Å². The zero-order valence-corrected chi connectivity index (χ0v) is 6.68. The number of rotatable bonds is 1. The average Bonchev–Trinajstić information content (AvgIpc) is 1.90. The molecule has 0 saturated carbocycles. The molecule has 3 nitrogen and oxygen atoms in total. The minimum Gasteiger partial charge on any atom is -0.402 e. The maximum Gasteiger partial charge on any atom is 0.150 e. The van der Waals surface area contributed by atoms with Gasteiger partial charge in [-0.05, 0) is 20.6 Å². The van der Waals surface area contributed by atoms with Gasteiger partial charge in [0.25, 0.3) is 0 Å². The van der Waals surface area contributed by atoms with Gasteiger partial charge in [-0.1, -0.05) is 0 Å². The summed E-state index contributed by atoms with van der Waals surface area (Å²) in [6.45, 7) is 7.04. The van der Waals surface area contributed by atoms with Gasteiger partial charge in [0.1, 0.15) is 0 Å². The van der Waals surface area contributed by atoms with E-state index in [1.807, 2.05) is 13.8 Å². The molecule has 0 aromatic rings. The fourth-order valence-electron chi connectivity index (χ4n) is 0.533. The van der Waals surface area contributed by atoms with E-state index in [0.717, 1.165) is 11.3 Å². The normalized spacial score (nSPS) is 14.5. The Labute approximate surface area is 61.4 Å². The van der Waals surface area contributed by atoms with E-state index in [4.69, 9.17) is 5.73 Å². The molecule has 0 amide bonds. The molecule has 0 aliphatic carbocycles. The van der Waals surface area contributed by atoms with Crippen molar-refractivity contribution in [3.63, 3.8) is 0 Å². The predicted octanol–water partition coefficient (Wildman–Crippen LogP) is 0.968. The van der Waals surface area contributed by atoms with Gasteiger partial charge in [-0.15, -0.1) is 0 Å². The lowest BCUT2D eigenvalue weighted by Gasteiger charge is -2.00. The van der Waals surface area contributed by atoms with Crippen molar-refractivity contribution in [2.45, 2.75) is 13.8 Å². The Morgan fingerprint density at radius 2 is 1.90 bits per heavy atom. The highest BCUT2D eigenvalue weighted by Gasteiger charge is 1.98. The van der Waals surface area contributed by atoms with Crippen LogP contribution in [0.2, 0.25) is 0 Å². The zero-order chi connectivity index (χ0) is 8.15. The summed E-state index contributed by atoms with van der Waals surface area (Å²) < 4.78 is 0. The quantitative estimate of drug-likeness (QED) is 0.427. The van der Waals surface area contributed by atoms with Crippen LogP contribution in [-0.4, -0.2) is 19.6 Å². The van der Waals surface area contributed by atoms with Gasteiger partial charge < -0.3 is 5.73 Å². The maximum atomic E-state index is 5.50. The molecule has 0 aliphatic rings. The van der Waals surface area contributed by atoms with Gasteiger partial charge in [-0.2, -0.15) is 0 Å². The molecule has 0 bridgehead atoms. The van der Waals surface area contributed by atoms with Gasteiger partial charge in [0.05, 0.1) is 0 Å². The number of amidine groups is 1. The topological polar surface area (TPSA) is 50.7 Å². The molecule has 0 saturated heterocycles. The first-order chi connectivity index (χ1) is 4.63. The van der Waals surface area contributed by atoms with Crippen LogP contribution >= 0.6 is 0 Å². The van der Waals surface area contributed by atoms with E-state index >= 15 is 0 Å². The van der Waals surface area contributed by atoms with Crippen molar-refractivity contribution in [1.82, 2.24) is 0 Å². The first kappa shape index (κ1) is 8.88. The summed E-state index contributed by atoms with van der Waals surface area (Å²) in [6, 6.07) is 0. The second-order valence-electron chi connectivity index (χ2n) is 2.01. The van der Waals surface area contributed by atoms with Gasteiger partial charge >= 0.3 is 0 Å². The first-order valence-electron chi connectivity index (χ1n) is 3.00. The number of hydrogen-bond acceptors (Lipinski definition) is 2. The van der Waals surface area contributed by atoms with Crippen molar-refractivity contribution in [3.05, 3.63) is 11.3 Å². The van der Waals surface area contributed by atoms with Gasteiger partial charge in [-0.25, -0.2) is 4.99 Å². The van der Waals surface area contributed by atoms with Gasteiger partial charge in [-0.3, -0.25) is 4.99 Å². The van der Waals surface area contributed by atoms with Crippen LogP contribution in [0.15, 0.2) is 21.3 Å². The third-order valence-electron chi connectivity index (χ3n) is 1.29. The Bertz CT molecular complexity index is 185. The SMILES string of the molecule is C=NC(=NC)C(C)=C(C)N. The van der Waals surface area contributed by atoms with Crippen molar-refractivity contribution in [1.29, 1.82) is 0 Å². The summed E-state index contributed by atoms with van der Waals surface area (Å²) in [6.07, 6.45) is 0. The van der Waals surface area contributed by atoms with Crippen LogP contribution in [-0.2, 0) is 0 Å². The maximum absolute atomic E-state index is 5.50. The Hall–Kier alpha value is -1.12. The second kappa shape index (κ2) is 3.82. The van der Waals surface area contributed by atoms with E-state index in [-0.39, 0.29) is 0 Å². The average molecular weight is 139 g/mol. The molecule has 0 radical (unpaired) electrons. The van der Waals surface area contributed by atoms with Crippen LogP contribution in [0.25, 0.3) is 0 Å². The highest BCUT2D eigenvalue weighted by molar-refractivity contribution is 6.00. The monoisotopic (exact) mass is 139 g/mol. The lowest BCUT2D eigenvalue weighted by molar-refractivity contribution is 1.23. The molecule has 0 atom stereocenters. The molecule has 0 heterocycles. The van der Waals surface area contributed by atoms with E-state index in [1.54, 1.807) is 7.05 Å². The van der Waals surface area contributed by atoms with E-state index < -0.39 is 0 Å². The summed E-state index contributed by atoms with van der Waals surface area (Å²) in [7, 11) is 1.66. The molecule has 0 aliphatic heterocycles. The van der Waals surface area contributed by atoms with Crippen molar-refractivity contribution >= 4 is 12.6 Å². The number of allylic oxidation sites excluding steroid dienone is 1. The largest absolute Gasteiger partial charge is 0.402 e. The molecule has 3 heteroatoms. The predicted molar refractivity (Wildman–Crippen MR) is 45.5 cm³/mol. The van der Waals surface area contributed by atoms with Gasteiger partial charge in [0.15, 0.2) is 5.84 Å². The highest BCUT2D eigenvalue weighted by atomic mass is 14.9. The summed E-state index contributed by atoms with van der Waals surface area (Å²) in [5, 5.41) is 0. The smallest absolute Gasteiger partial charge is 0.150 e. The lowest BCUT2D eigenvalue weighted by atomic mass is 10.2. The van der Waals surface area contributed by atoms with Crippen molar-refractivity contribution < 1.29 is 0 Å². The Morgan fingerprint density at radius 1 is 1.40 bits per heavy atom. The van der Waals surface area contributed by atoms with Crippen LogP contribution in [0.1, 0.15) is 13.8 Å². The third-order valence-corrected chi connectivity index (χ3v) is 1.29. The number of aliphatic imine (C=N–C) groups is 2. The lowest BCUT2D eigenvalue weighted by Crippen LogP contribution is -2.03. The molecule has 0 rings (SSSR count). The third kappa shape index (κ3) is 2.01. The molecule has 0 fully saturated rings. The van der Waals surface area contributed by atoms with Crippen LogP contribution in [0.5, 0.6) is 0 Å². The number of nitrogens with two attached hydrogens (primary N) is 1. The van der Waals surface area contributed by atoms with E-state index in [1.165, 1.54) is 0 Å². The summed E-state index contributed by atoms with van der Waals surface area (Å²) in [4.78, 5) is 7.57.